The first-order chi connectivity index (χ1) is 10.1. The fourth-order valence-electron chi connectivity index (χ4n) is 2.19. The third-order valence-electron chi connectivity index (χ3n) is 3.07. The molecule has 0 amide bonds. The van der Waals surface area contributed by atoms with Crippen LogP contribution in [0.4, 0.5) is 0 Å². The Morgan fingerprint density at radius 3 is 2.86 bits per heavy atom. The maximum Gasteiger partial charge on any atom is 0.341 e. The highest BCUT2D eigenvalue weighted by molar-refractivity contribution is 5.90. The Kier molecular flexibility index (Phi) is 4.39. The molecule has 0 radical (unpaired) electrons. The van der Waals surface area contributed by atoms with Gasteiger partial charge in [-0.2, -0.15) is 10.4 Å². The fourth-order valence-corrected chi connectivity index (χ4v) is 2.19. The van der Waals surface area contributed by atoms with Crippen molar-refractivity contribution >= 4 is 5.97 Å². The molecule has 0 aliphatic rings. The lowest BCUT2D eigenvalue weighted by Crippen LogP contribution is -2.11. The van der Waals surface area contributed by atoms with Crippen molar-refractivity contribution in [2.75, 3.05) is 6.61 Å². The number of nitrogens with zero attached hydrogens (tertiary/aromatic N) is 3. The van der Waals surface area contributed by atoms with E-state index in [1.165, 1.54) is 6.20 Å². The zero-order valence-electron chi connectivity index (χ0n) is 12.3. The standard InChI is InChI=1S/C16H17N3O2/c1-4-21-16(20)14-10-18-19(15(14)11(2)3)13-7-5-6-12(8-13)9-17/h5-8,10-11H,4H2,1-3H3. The molecule has 0 N–H and O–H groups in total. The van der Waals surface area contributed by atoms with Crippen LogP contribution in [0.5, 0.6) is 0 Å². The maximum absolute atomic E-state index is 12.0. The van der Waals surface area contributed by atoms with Crippen LogP contribution in [0, 0.1) is 11.3 Å². The van der Waals surface area contributed by atoms with Crippen molar-refractivity contribution in [3.63, 3.8) is 0 Å². The van der Waals surface area contributed by atoms with Gasteiger partial charge in [-0.3, -0.25) is 0 Å². The second-order valence-corrected chi connectivity index (χ2v) is 4.89. The first-order valence-corrected chi connectivity index (χ1v) is 6.84. The average molecular weight is 283 g/mol. The molecule has 21 heavy (non-hydrogen) atoms. The van der Waals surface area contributed by atoms with Crippen molar-refractivity contribution < 1.29 is 9.53 Å². The largest absolute Gasteiger partial charge is 0.462 e. The predicted molar refractivity (Wildman–Crippen MR) is 78.3 cm³/mol. The quantitative estimate of drug-likeness (QED) is 0.809. The molecule has 108 valence electrons. The lowest BCUT2D eigenvalue weighted by atomic mass is 10.1. The van der Waals surface area contributed by atoms with E-state index in [-0.39, 0.29) is 11.9 Å². The summed E-state index contributed by atoms with van der Waals surface area (Å²) < 4.78 is 6.76. The van der Waals surface area contributed by atoms with Crippen molar-refractivity contribution in [1.29, 1.82) is 5.26 Å². The summed E-state index contributed by atoms with van der Waals surface area (Å²) in [5, 5.41) is 13.3. The lowest BCUT2D eigenvalue weighted by Gasteiger charge is -2.12. The minimum atomic E-state index is -0.371. The van der Waals surface area contributed by atoms with E-state index in [1.807, 2.05) is 19.9 Å². The van der Waals surface area contributed by atoms with Gasteiger partial charge in [0.15, 0.2) is 0 Å². The Labute approximate surface area is 123 Å². The van der Waals surface area contributed by atoms with E-state index in [0.29, 0.717) is 17.7 Å². The molecule has 2 aromatic rings. The molecule has 0 spiro atoms. The summed E-state index contributed by atoms with van der Waals surface area (Å²) in [4.78, 5) is 12.0. The first kappa shape index (κ1) is 14.8. The molecule has 0 aliphatic heterocycles. The van der Waals surface area contributed by atoms with Gasteiger partial charge in [0.05, 0.1) is 35.8 Å². The highest BCUT2D eigenvalue weighted by Crippen LogP contribution is 2.24. The van der Waals surface area contributed by atoms with Gasteiger partial charge >= 0.3 is 5.97 Å². The predicted octanol–water partition coefficient (Wildman–Crippen LogP) is 3.04. The molecule has 1 heterocycles. The van der Waals surface area contributed by atoms with Crippen LogP contribution in [-0.2, 0) is 4.74 Å². The highest BCUT2D eigenvalue weighted by Gasteiger charge is 2.21. The number of hydrogen-bond acceptors (Lipinski definition) is 4. The van der Waals surface area contributed by atoms with Gasteiger partial charge in [0.1, 0.15) is 5.56 Å². The molecule has 0 unspecified atom stereocenters. The number of benzene rings is 1. The molecule has 0 saturated carbocycles. The Bertz CT molecular complexity index is 696. The molecule has 0 saturated heterocycles. The van der Waals surface area contributed by atoms with Crippen LogP contribution >= 0.6 is 0 Å². The summed E-state index contributed by atoms with van der Waals surface area (Å²) in [5.74, 6) is -0.276. The molecular formula is C16H17N3O2. The average Bonchev–Trinajstić information content (AvgIpc) is 2.92. The van der Waals surface area contributed by atoms with Crippen molar-refractivity contribution in [3.05, 3.63) is 47.3 Å². The third-order valence-corrected chi connectivity index (χ3v) is 3.07. The molecule has 1 aromatic heterocycles. The van der Waals surface area contributed by atoms with Crippen LogP contribution in [0.2, 0.25) is 0 Å². The lowest BCUT2D eigenvalue weighted by molar-refractivity contribution is 0.0524. The van der Waals surface area contributed by atoms with Crippen molar-refractivity contribution in [3.8, 4) is 11.8 Å². The monoisotopic (exact) mass is 283 g/mol. The van der Waals surface area contributed by atoms with E-state index in [9.17, 15) is 4.79 Å². The van der Waals surface area contributed by atoms with Crippen LogP contribution in [0.3, 0.4) is 0 Å². The number of esters is 1. The summed E-state index contributed by atoms with van der Waals surface area (Å²) in [6.07, 6.45) is 1.52. The first-order valence-electron chi connectivity index (χ1n) is 6.84. The summed E-state index contributed by atoms with van der Waals surface area (Å²) in [5.41, 5.74) is 2.56. The van der Waals surface area contributed by atoms with Gasteiger partial charge in [-0.1, -0.05) is 19.9 Å². The van der Waals surface area contributed by atoms with Crippen LogP contribution in [0.1, 0.15) is 48.3 Å². The van der Waals surface area contributed by atoms with Gasteiger partial charge in [0.25, 0.3) is 0 Å². The Balaban J connectivity index is 2.54. The minimum Gasteiger partial charge on any atom is -0.462 e. The SMILES string of the molecule is CCOC(=O)c1cnn(-c2cccc(C#N)c2)c1C(C)C. The number of hydrogen-bond donors (Lipinski definition) is 0. The van der Waals surface area contributed by atoms with Gasteiger partial charge in [-0.25, -0.2) is 9.48 Å². The number of carbonyl (C=O) groups is 1. The topological polar surface area (TPSA) is 67.9 Å². The van der Waals surface area contributed by atoms with Gasteiger partial charge in [0, 0.05) is 0 Å². The molecule has 1 aromatic carbocycles. The second-order valence-electron chi connectivity index (χ2n) is 4.89. The summed E-state index contributed by atoms with van der Waals surface area (Å²) >= 11 is 0. The van der Waals surface area contributed by atoms with Crippen LogP contribution < -0.4 is 0 Å². The van der Waals surface area contributed by atoms with E-state index in [0.717, 1.165) is 11.4 Å². The second kappa shape index (κ2) is 6.23. The maximum atomic E-state index is 12.0. The number of ether oxygens (including phenoxy) is 1. The summed E-state index contributed by atoms with van der Waals surface area (Å²) in [6, 6.07) is 9.23. The minimum absolute atomic E-state index is 0.0950. The zero-order chi connectivity index (χ0) is 15.4. The van der Waals surface area contributed by atoms with Crippen molar-refractivity contribution in [2.24, 2.45) is 0 Å². The van der Waals surface area contributed by atoms with Crippen LogP contribution in [0.15, 0.2) is 30.5 Å². The van der Waals surface area contributed by atoms with E-state index in [1.54, 1.807) is 29.8 Å². The van der Waals surface area contributed by atoms with Crippen molar-refractivity contribution in [2.45, 2.75) is 26.7 Å². The molecular weight excluding hydrogens is 266 g/mol. The highest BCUT2D eigenvalue weighted by atomic mass is 16.5. The Morgan fingerprint density at radius 2 is 2.24 bits per heavy atom. The molecule has 2 rings (SSSR count). The number of carbonyl (C=O) groups excluding carboxylic acids is 1. The summed E-state index contributed by atoms with van der Waals surface area (Å²) in [7, 11) is 0. The van der Waals surface area contributed by atoms with E-state index >= 15 is 0 Å². The summed E-state index contributed by atoms with van der Waals surface area (Å²) in [6.45, 7) is 6.08. The number of nitriles is 1. The van der Waals surface area contributed by atoms with E-state index in [4.69, 9.17) is 10.00 Å². The van der Waals surface area contributed by atoms with E-state index in [2.05, 4.69) is 11.2 Å². The van der Waals surface area contributed by atoms with Crippen LogP contribution in [-0.4, -0.2) is 22.4 Å². The van der Waals surface area contributed by atoms with Gasteiger partial charge < -0.3 is 4.74 Å². The molecule has 0 bridgehead atoms. The molecule has 5 nitrogen and oxygen atoms in total. The number of aromatic nitrogens is 2. The van der Waals surface area contributed by atoms with E-state index < -0.39 is 0 Å². The van der Waals surface area contributed by atoms with Gasteiger partial charge in [-0.15, -0.1) is 0 Å². The van der Waals surface area contributed by atoms with Crippen molar-refractivity contribution in [1.82, 2.24) is 9.78 Å². The Morgan fingerprint density at radius 1 is 1.48 bits per heavy atom. The molecule has 0 fully saturated rings. The molecule has 0 atom stereocenters. The zero-order valence-corrected chi connectivity index (χ0v) is 12.3. The normalized spacial score (nSPS) is 10.4. The molecule has 0 aliphatic carbocycles. The van der Waals surface area contributed by atoms with Crippen LogP contribution in [0.25, 0.3) is 5.69 Å². The number of rotatable bonds is 4. The molecule has 5 heteroatoms. The van der Waals surface area contributed by atoms with Gasteiger partial charge in [-0.05, 0) is 31.0 Å². The fraction of sp³-hybridized carbons (Fsp3) is 0.312. The Hall–Kier alpha value is -2.61. The van der Waals surface area contributed by atoms with Gasteiger partial charge in [0.2, 0.25) is 0 Å². The third kappa shape index (κ3) is 2.95. The smallest absolute Gasteiger partial charge is 0.341 e.